The van der Waals surface area contributed by atoms with E-state index in [-0.39, 0.29) is 30.9 Å². The lowest BCUT2D eigenvalue weighted by molar-refractivity contribution is 0.0277. The fraction of sp³-hybridized carbons (Fsp3) is 0.846. The van der Waals surface area contributed by atoms with Crippen LogP contribution in [-0.4, -0.2) is 58.0 Å². The molecule has 2 aliphatic heterocycles. The first kappa shape index (κ1) is 29.4. The second-order valence-electron chi connectivity index (χ2n) is 9.89. The molecule has 0 spiro atoms. The van der Waals surface area contributed by atoms with Gasteiger partial charge in [-0.3, -0.25) is 0 Å². The number of ether oxygens (including phenoxy) is 1. The van der Waals surface area contributed by atoms with E-state index in [1.807, 2.05) is 19.9 Å². The van der Waals surface area contributed by atoms with Crippen LogP contribution in [0.4, 0.5) is 0 Å². The van der Waals surface area contributed by atoms with Gasteiger partial charge in [0.1, 0.15) is 0 Å². The molecular weight excluding hydrogens is 430 g/mol. The lowest BCUT2D eigenvalue weighted by atomic mass is 9.71. The number of aliphatic hydroxyl groups excluding tert-OH is 1. The van der Waals surface area contributed by atoms with Crippen molar-refractivity contribution in [2.75, 3.05) is 26.4 Å². The lowest BCUT2D eigenvalue weighted by Crippen LogP contribution is -2.23. The van der Waals surface area contributed by atoms with Crippen molar-refractivity contribution >= 4 is 14.2 Å². The van der Waals surface area contributed by atoms with Crippen LogP contribution in [0.2, 0.25) is 5.82 Å². The molecule has 8 heteroatoms. The number of hydrogen-bond donors (Lipinski definition) is 1. The Morgan fingerprint density at radius 3 is 1.97 bits per heavy atom. The molecule has 0 aromatic heterocycles. The fourth-order valence-corrected chi connectivity index (χ4v) is 4.64. The quantitative estimate of drug-likeness (QED) is 0.197. The van der Waals surface area contributed by atoms with Crippen LogP contribution in [0.15, 0.2) is 23.4 Å². The van der Waals surface area contributed by atoms with Gasteiger partial charge >= 0.3 is 14.2 Å². The molecule has 3 atom stereocenters. The van der Waals surface area contributed by atoms with Gasteiger partial charge in [0, 0.05) is 12.2 Å². The molecule has 1 saturated carbocycles. The zero-order chi connectivity index (χ0) is 24.6. The molecule has 0 radical (unpaired) electrons. The van der Waals surface area contributed by atoms with Crippen LogP contribution in [-0.2, 0) is 23.4 Å². The third-order valence-electron chi connectivity index (χ3n) is 6.45. The molecule has 0 aromatic rings. The number of allylic oxidation sites excluding steroid dienone is 2. The summed E-state index contributed by atoms with van der Waals surface area (Å²) in [5, 5.41) is 10.5. The Hall–Kier alpha value is -0.790. The normalized spacial score (nSPS) is 22.4. The first-order chi connectivity index (χ1) is 16.5. The van der Waals surface area contributed by atoms with Crippen molar-refractivity contribution in [1.29, 1.82) is 0 Å². The summed E-state index contributed by atoms with van der Waals surface area (Å²) >= 11 is 0. The first-order valence-electron chi connectivity index (χ1n) is 13.7. The van der Waals surface area contributed by atoms with Gasteiger partial charge in [-0.2, -0.15) is 0 Å². The predicted molar refractivity (Wildman–Crippen MR) is 140 cm³/mol. The SMILES string of the molecule is C1CCCCC1.CCCCCC(C)OC(C)/C=C(\C/C(O)=C\C(C)B1OCCO1)B1OCCO1. The smallest absolute Gasteiger partial charge is 0.489 e. The standard InChI is InChI=1S/C20H36B2O6.C6H12/c1-5-6-7-8-17(3)28-18(4)14-19(22-26-11-12-27-22)15-20(23)13-16(2)21-24-9-10-25-21;1-2-4-6-5-3-1/h13-14,16-18,23H,5-12,15H2,1-4H3;1-6H2/b19-14+,20-13+;. The van der Waals surface area contributed by atoms with E-state index in [4.69, 9.17) is 23.4 Å². The molecule has 2 saturated heterocycles. The second kappa shape index (κ2) is 17.6. The highest BCUT2D eigenvalue weighted by atomic mass is 16.6. The number of unbranched alkanes of at least 4 members (excludes halogenated alkanes) is 2. The summed E-state index contributed by atoms with van der Waals surface area (Å²) in [6.45, 7) is 10.6. The van der Waals surface area contributed by atoms with Crippen LogP contribution in [0, 0.1) is 0 Å². The molecule has 3 fully saturated rings. The van der Waals surface area contributed by atoms with Crippen molar-refractivity contribution in [3.05, 3.63) is 23.4 Å². The third kappa shape index (κ3) is 12.3. The Balaban J connectivity index is 0.000000589. The summed E-state index contributed by atoms with van der Waals surface area (Å²) in [6.07, 6.45) is 18.0. The van der Waals surface area contributed by atoms with E-state index in [0.29, 0.717) is 32.8 Å². The minimum absolute atomic E-state index is 0.0265. The van der Waals surface area contributed by atoms with Gasteiger partial charge in [-0.25, -0.2) is 0 Å². The van der Waals surface area contributed by atoms with Crippen LogP contribution < -0.4 is 0 Å². The van der Waals surface area contributed by atoms with E-state index in [2.05, 4.69) is 13.8 Å². The molecule has 0 bridgehead atoms. The minimum atomic E-state index is -0.425. The molecule has 0 amide bonds. The highest BCUT2D eigenvalue weighted by Gasteiger charge is 2.32. The molecule has 6 nitrogen and oxygen atoms in total. The maximum absolute atomic E-state index is 10.5. The average Bonchev–Trinajstić information content (AvgIpc) is 3.55. The molecule has 3 aliphatic rings. The van der Waals surface area contributed by atoms with Crippen molar-refractivity contribution in [1.82, 2.24) is 0 Å². The van der Waals surface area contributed by atoms with Crippen molar-refractivity contribution in [3.63, 3.8) is 0 Å². The van der Waals surface area contributed by atoms with Crippen molar-refractivity contribution in [2.24, 2.45) is 0 Å². The van der Waals surface area contributed by atoms with E-state index in [9.17, 15) is 5.11 Å². The van der Waals surface area contributed by atoms with Gasteiger partial charge in [-0.15, -0.1) is 0 Å². The lowest BCUT2D eigenvalue weighted by Gasteiger charge is -2.19. The average molecular weight is 478 g/mol. The van der Waals surface area contributed by atoms with E-state index in [1.165, 1.54) is 57.8 Å². The minimum Gasteiger partial charge on any atom is -0.512 e. The zero-order valence-electron chi connectivity index (χ0n) is 22.1. The van der Waals surface area contributed by atoms with Crippen LogP contribution in [0.3, 0.4) is 0 Å². The van der Waals surface area contributed by atoms with Crippen LogP contribution in [0.25, 0.3) is 0 Å². The molecular formula is C26H48B2O6. The maximum atomic E-state index is 10.5. The molecule has 34 heavy (non-hydrogen) atoms. The maximum Gasteiger partial charge on any atom is 0.489 e. The molecule has 1 N–H and O–H groups in total. The highest BCUT2D eigenvalue weighted by molar-refractivity contribution is 6.54. The van der Waals surface area contributed by atoms with Crippen LogP contribution >= 0.6 is 0 Å². The number of hydrogen-bond acceptors (Lipinski definition) is 6. The molecule has 1 aliphatic carbocycles. The van der Waals surface area contributed by atoms with E-state index >= 15 is 0 Å². The van der Waals surface area contributed by atoms with E-state index < -0.39 is 7.12 Å². The molecule has 3 rings (SSSR count). The van der Waals surface area contributed by atoms with Crippen molar-refractivity contribution in [2.45, 2.75) is 116 Å². The third-order valence-corrected chi connectivity index (χ3v) is 6.45. The summed E-state index contributed by atoms with van der Waals surface area (Å²) in [7, 11) is -0.717. The van der Waals surface area contributed by atoms with Gasteiger partial charge in [0.05, 0.1) is 44.4 Å². The molecule has 3 unspecified atom stereocenters. The first-order valence-corrected chi connectivity index (χ1v) is 13.7. The second-order valence-corrected chi connectivity index (χ2v) is 9.89. The summed E-state index contributed by atoms with van der Waals surface area (Å²) in [5.41, 5.74) is 0.889. The summed E-state index contributed by atoms with van der Waals surface area (Å²) in [6, 6.07) is 0. The molecule has 2 heterocycles. The van der Waals surface area contributed by atoms with E-state index in [1.54, 1.807) is 6.08 Å². The topological polar surface area (TPSA) is 66.4 Å². The van der Waals surface area contributed by atoms with Gasteiger partial charge in [0.2, 0.25) is 0 Å². The summed E-state index contributed by atoms with van der Waals surface area (Å²) in [5.74, 6) is 0.238. The largest absolute Gasteiger partial charge is 0.512 e. The van der Waals surface area contributed by atoms with Gasteiger partial charge in [-0.1, -0.05) is 77.7 Å². The monoisotopic (exact) mass is 478 g/mol. The van der Waals surface area contributed by atoms with Gasteiger partial charge < -0.3 is 28.5 Å². The number of rotatable bonds is 12. The zero-order valence-corrected chi connectivity index (χ0v) is 22.1. The number of aliphatic hydroxyl groups is 1. The summed E-state index contributed by atoms with van der Waals surface area (Å²) < 4.78 is 28.5. The molecule has 194 valence electrons. The fourth-order valence-electron chi connectivity index (χ4n) is 4.64. The Kier molecular flexibility index (Phi) is 15.2. The Bertz CT molecular complexity index is 572. The molecule has 0 aromatic carbocycles. The van der Waals surface area contributed by atoms with Gasteiger partial charge in [0.25, 0.3) is 0 Å². The predicted octanol–water partition coefficient (Wildman–Crippen LogP) is 6.46. The Morgan fingerprint density at radius 1 is 0.853 bits per heavy atom. The van der Waals surface area contributed by atoms with E-state index in [0.717, 1.165) is 11.9 Å². The Morgan fingerprint density at radius 2 is 1.41 bits per heavy atom. The Labute approximate surface area is 209 Å². The van der Waals surface area contributed by atoms with Crippen LogP contribution in [0.1, 0.15) is 98.3 Å². The van der Waals surface area contributed by atoms with Crippen molar-refractivity contribution in [3.8, 4) is 0 Å². The van der Waals surface area contributed by atoms with Gasteiger partial charge in [0.15, 0.2) is 0 Å². The summed E-state index contributed by atoms with van der Waals surface area (Å²) in [4.78, 5) is 0. The van der Waals surface area contributed by atoms with Crippen molar-refractivity contribution < 1.29 is 28.5 Å². The highest BCUT2D eigenvalue weighted by Crippen LogP contribution is 2.24. The van der Waals surface area contributed by atoms with Crippen LogP contribution in [0.5, 0.6) is 0 Å². The van der Waals surface area contributed by atoms with Gasteiger partial charge in [-0.05, 0) is 31.8 Å².